The average molecular weight is 437 g/mol. The lowest BCUT2D eigenvalue weighted by atomic mass is 9.91. The second kappa shape index (κ2) is 3.78. The van der Waals surface area contributed by atoms with Gasteiger partial charge >= 0.3 is 0 Å². The molecule has 0 saturated carbocycles. The van der Waals surface area contributed by atoms with E-state index in [4.69, 9.17) is 0 Å². The van der Waals surface area contributed by atoms with Crippen molar-refractivity contribution < 1.29 is 0 Å². The highest BCUT2D eigenvalue weighted by Gasteiger charge is 2.48. The maximum atomic E-state index is 2.62. The molecule has 3 aliphatic carbocycles. The fourth-order valence-electron chi connectivity index (χ4n) is 10.2. The summed E-state index contributed by atoms with van der Waals surface area (Å²) in [5.41, 5.74) is 9.73. The van der Waals surface area contributed by atoms with Gasteiger partial charge in [0.1, 0.15) is 0 Å². The van der Waals surface area contributed by atoms with Gasteiger partial charge in [0, 0.05) is 5.41 Å². The van der Waals surface area contributed by atoms with Crippen molar-refractivity contribution in [1.82, 2.24) is 0 Å². The molecule has 0 bridgehead atoms. The van der Waals surface area contributed by atoms with Gasteiger partial charge < -0.3 is 0 Å². The van der Waals surface area contributed by atoms with Gasteiger partial charge in [0.05, 0.1) is 0 Å². The summed E-state index contributed by atoms with van der Waals surface area (Å²) in [5.74, 6) is 0. The third kappa shape index (κ3) is 1.10. The van der Waals surface area contributed by atoms with Crippen LogP contribution in [0.15, 0.2) is 36.4 Å². The number of fused-ring (bicyclic) bond motifs is 3. The van der Waals surface area contributed by atoms with Crippen molar-refractivity contribution >= 4 is 97.0 Å². The minimum absolute atomic E-state index is 0.198. The molecule has 0 fully saturated rings. The lowest BCUT2D eigenvalue weighted by molar-refractivity contribution is 0.800. The van der Waals surface area contributed by atoms with Crippen LogP contribution in [0, 0.1) is 0 Å². The fourth-order valence-corrected chi connectivity index (χ4v) is 10.2. The molecule has 35 heavy (non-hydrogen) atoms. The molecule has 0 amide bonds. The quantitative estimate of drug-likeness (QED) is 0.208. The molecule has 13 rings (SSSR count). The first kappa shape index (κ1) is 15.2. The highest BCUT2D eigenvalue weighted by molar-refractivity contribution is 6.60. The van der Waals surface area contributed by atoms with Gasteiger partial charge in [-0.05, 0) is 155 Å². The van der Waals surface area contributed by atoms with Gasteiger partial charge in [-0.25, -0.2) is 0 Å². The van der Waals surface area contributed by atoms with Gasteiger partial charge in [-0.2, -0.15) is 0 Å². The van der Waals surface area contributed by atoms with E-state index in [1.807, 2.05) is 0 Å². The molecule has 0 saturated heterocycles. The zero-order valence-electron chi connectivity index (χ0n) is 19.4. The summed E-state index contributed by atoms with van der Waals surface area (Å²) in [6.45, 7) is 4.91. The van der Waals surface area contributed by atoms with Crippen molar-refractivity contribution in [3.05, 3.63) is 69.8 Å². The van der Waals surface area contributed by atoms with Crippen LogP contribution in [0.5, 0.6) is 0 Å². The lowest BCUT2D eigenvalue weighted by Gasteiger charge is -2.11. The van der Waals surface area contributed by atoms with Crippen molar-refractivity contribution in [3.8, 4) is 0 Å². The summed E-state index contributed by atoms with van der Waals surface area (Å²) >= 11 is 0. The van der Waals surface area contributed by atoms with E-state index in [-0.39, 0.29) is 5.41 Å². The number of rotatable bonds is 0. The molecule has 0 nitrogen and oxygen atoms in total. The zero-order valence-corrected chi connectivity index (χ0v) is 19.4. The number of hydrogen-bond donors (Lipinski definition) is 0. The average Bonchev–Trinajstić information content (AvgIpc) is 3.31. The molecule has 0 aliphatic heterocycles. The van der Waals surface area contributed by atoms with Crippen molar-refractivity contribution in [2.75, 3.05) is 0 Å². The number of hydrogen-bond acceptors (Lipinski definition) is 0. The van der Waals surface area contributed by atoms with E-state index in [1.165, 1.54) is 10.8 Å². The van der Waals surface area contributed by atoms with E-state index in [0.717, 1.165) is 12.8 Å². The Bertz CT molecular complexity index is 2510. The molecule has 0 unspecified atom stereocenters. The fraction of sp³-hybridized carbons (Fsp3) is 0.143. The third-order valence-corrected chi connectivity index (χ3v) is 11.1. The molecule has 0 aromatic heterocycles. The first-order chi connectivity index (χ1) is 17.1. The summed E-state index contributed by atoms with van der Waals surface area (Å²) in [6, 6.07) is 15.1. The molecule has 10 aromatic rings. The van der Waals surface area contributed by atoms with Crippen molar-refractivity contribution in [2.24, 2.45) is 0 Å². The van der Waals surface area contributed by atoms with Crippen LogP contribution >= 0.6 is 0 Å². The van der Waals surface area contributed by atoms with E-state index in [0.29, 0.717) is 0 Å². The molecule has 0 spiro atoms. The molecular weight excluding hydrogens is 420 g/mol. The number of benzene rings is 8. The van der Waals surface area contributed by atoms with Crippen LogP contribution in [-0.2, 0) is 18.3 Å². The third-order valence-electron chi connectivity index (χ3n) is 11.1. The summed E-state index contributed by atoms with van der Waals surface area (Å²) in [5, 5.41) is 28.3. The second-order valence-electron chi connectivity index (χ2n) is 12.7. The van der Waals surface area contributed by atoms with Crippen molar-refractivity contribution in [2.45, 2.75) is 32.1 Å². The van der Waals surface area contributed by atoms with Crippen LogP contribution in [0.4, 0.5) is 0 Å². The maximum absolute atomic E-state index is 2.62. The van der Waals surface area contributed by atoms with E-state index in [1.54, 1.807) is 120 Å². The van der Waals surface area contributed by atoms with E-state index >= 15 is 0 Å². The zero-order chi connectivity index (χ0) is 22.0. The van der Waals surface area contributed by atoms with Gasteiger partial charge in [-0.1, -0.05) is 38.1 Å². The topological polar surface area (TPSA) is 0 Å². The molecule has 0 heterocycles. The Morgan fingerprint density at radius 2 is 0.800 bits per heavy atom. The van der Waals surface area contributed by atoms with Crippen LogP contribution in [0.3, 0.4) is 0 Å². The first-order valence-corrected chi connectivity index (χ1v) is 13.1. The Morgan fingerprint density at radius 3 is 1.26 bits per heavy atom. The molecule has 10 aromatic carbocycles. The highest BCUT2D eigenvalue weighted by atomic mass is 14.5. The molecule has 0 radical (unpaired) electrons. The molecule has 0 N–H and O–H groups in total. The Kier molecular flexibility index (Phi) is 1.64. The molecule has 156 valence electrons. The minimum Gasteiger partial charge on any atom is -0.0537 e. The Labute approximate surface area is 198 Å². The molecule has 0 atom stereocenters. The van der Waals surface area contributed by atoms with Crippen LogP contribution < -0.4 is 0 Å². The predicted octanol–water partition coefficient (Wildman–Crippen LogP) is 9.14. The Balaban J connectivity index is 1.60. The maximum Gasteiger partial charge on any atom is 0.0165 e. The van der Waals surface area contributed by atoms with Crippen LogP contribution in [0.2, 0.25) is 0 Å². The van der Waals surface area contributed by atoms with Gasteiger partial charge in [0.2, 0.25) is 0 Å². The van der Waals surface area contributed by atoms with Gasteiger partial charge in [0.15, 0.2) is 0 Å². The van der Waals surface area contributed by atoms with Crippen LogP contribution in [-0.4, -0.2) is 0 Å². The smallest absolute Gasteiger partial charge is 0.0165 e. The largest absolute Gasteiger partial charge is 0.0537 e. The molecular formula is C35H16. The second-order valence-corrected chi connectivity index (χ2v) is 12.7. The van der Waals surface area contributed by atoms with E-state index < -0.39 is 0 Å². The summed E-state index contributed by atoms with van der Waals surface area (Å²) in [6.07, 6.45) is 2.18. The minimum atomic E-state index is 0.198. The monoisotopic (exact) mass is 436 g/mol. The van der Waals surface area contributed by atoms with Crippen LogP contribution in [0.25, 0.3) is 97.0 Å². The van der Waals surface area contributed by atoms with Crippen molar-refractivity contribution in [1.29, 1.82) is 0 Å². The van der Waals surface area contributed by atoms with Crippen molar-refractivity contribution in [3.63, 3.8) is 0 Å². The Morgan fingerprint density at radius 1 is 0.429 bits per heavy atom. The standard InChI is InChI=1S/C35H16/c1-35(2)33-17-9-15-7-13-5-11-3-4-12-6-14-8-16-10-18(34(33)35)26-25(17)29-23(15)21(13)27-19(11)20(12)28-22(14)24(16)30(26)32(29)31(27)28/h3-6,9-10H,7-8H2,1-2H3. The van der Waals surface area contributed by atoms with E-state index in [9.17, 15) is 0 Å². The normalized spacial score (nSPS) is 18.0. The van der Waals surface area contributed by atoms with E-state index in [2.05, 4.69) is 50.2 Å². The lowest BCUT2D eigenvalue weighted by Crippen LogP contribution is -1.92. The Hall–Kier alpha value is -3.90. The predicted molar refractivity (Wildman–Crippen MR) is 149 cm³/mol. The van der Waals surface area contributed by atoms with Gasteiger partial charge in [-0.15, -0.1) is 0 Å². The molecule has 0 heteroatoms. The van der Waals surface area contributed by atoms with Gasteiger partial charge in [-0.3, -0.25) is 0 Å². The highest BCUT2D eigenvalue weighted by Crippen LogP contribution is 2.66. The first-order valence-electron chi connectivity index (χ1n) is 13.1. The summed E-state index contributed by atoms with van der Waals surface area (Å²) < 4.78 is 0. The van der Waals surface area contributed by atoms with Crippen LogP contribution in [0.1, 0.15) is 47.2 Å². The SMILES string of the molecule is CC1(C)c2c1c1cc3c4c5c(cc6ccc7cc8c9c%10c(cc2c2c1c4c(c%102)c1c9c7c6c51)C8)C3. The summed E-state index contributed by atoms with van der Waals surface area (Å²) in [4.78, 5) is 0. The van der Waals surface area contributed by atoms with Gasteiger partial charge in [0.25, 0.3) is 0 Å². The summed E-state index contributed by atoms with van der Waals surface area (Å²) in [7, 11) is 0. The molecule has 3 aliphatic rings.